The average Bonchev–Trinajstić information content (AvgIpc) is 3.26. The zero-order valence-electron chi connectivity index (χ0n) is 40.9. The molecule has 0 aliphatic carbocycles. The molecular weight excluding hydrogens is 757 g/mol. The minimum atomic E-state index is -0.769. The Bertz CT molecular complexity index is 989. The van der Waals surface area contributed by atoms with Gasteiger partial charge in [0.05, 0.1) is 0 Å². The third-order valence-corrected chi connectivity index (χ3v) is 11.9. The molecule has 0 aromatic carbocycles. The van der Waals surface area contributed by atoms with E-state index in [1.165, 1.54) is 186 Å². The van der Waals surface area contributed by atoms with Gasteiger partial charge in [0, 0.05) is 19.3 Å². The lowest BCUT2D eigenvalue weighted by Crippen LogP contribution is -2.30. The van der Waals surface area contributed by atoms with Crippen molar-refractivity contribution in [2.24, 2.45) is 0 Å². The van der Waals surface area contributed by atoms with Gasteiger partial charge in [-0.2, -0.15) is 0 Å². The van der Waals surface area contributed by atoms with Crippen molar-refractivity contribution in [2.75, 3.05) is 13.2 Å². The molecule has 6 heteroatoms. The first-order valence-corrected chi connectivity index (χ1v) is 26.8. The van der Waals surface area contributed by atoms with Crippen molar-refractivity contribution in [2.45, 2.75) is 297 Å². The van der Waals surface area contributed by atoms with Crippen LogP contribution in [0.4, 0.5) is 0 Å². The molecule has 0 aliphatic rings. The van der Waals surface area contributed by atoms with Crippen molar-refractivity contribution < 1.29 is 28.6 Å². The van der Waals surface area contributed by atoms with Crippen molar-refractivity contribution in [3.63, 3.8) is 0 Å². The molecule has 0 amide bonds. The molecule has 0 aromatic heterocycles. The van der Waals surface area contributed by atoms with E-state index in [0.717, 1.165) is 64.2 Å². The molecule has 6 nitrogen and oxygen atoms in total. The van der Waals surface area contributed by atoms with Crippen LogP contribution in [-0.4, -0.2) is 37.2 Å². The maximum atomic E-state index is 12.7. The summed E-state index contributed by atoms with van der Waals surface area (Å²) in [5.41, 5.74) is 0. The summed E-state index contributed by atoms with van der Waals surface area (Å²) in [5.74, 6) is -0.877. The molecule has 0 radical (unpaired) electrons. The minimum absolute atomic E-state index is 0.0720. The number of hydrogen-bond donors (Lipinski definition) is 0. The van der Waals surface area contributed by atoms with E-state index in [0.29, 0.717) is 19.3 Å². The van der Waals surface area contributed by atoms with Crippen LogP contribution in [0.2, 0.25) is 0 Å². The van der Waals surface area contributed by atoms with E-state index >= 15 is 0 Å². The number of ether oxygens (including phenoxy) is 3. The fourth-order valence-corrected chi connectivity index (χ4v) is 7.84. The maximum Gasteiger partial charge on any atom is 0.306 e. The molecule has 0 aromatic rings. The first-order chi connectivity index (χ1) is 30.0. The third kappa shape index (κ3) is 48.8. The summed E-state index contributed by atoms with van der Waals surface area (Å²) >= 11 is 0. The van der Waals surface area contributed by atoms with Crippen molar-refractivity contribution in [1.29, 1.82) is 0 Å². The maximum absolute atomic E-state index is 12.7. The Hall–Kier alpha value is -2.11. The van der Waals surface area contributed by atoms with Gasteiger partial charge in [-0.15, -0.1) is 0 Å². The SMILES string of the molecule is CCCCCC/C=C\CCCCCCCC(=O)OC(COC(=O)CCCCCCCCC)COC(=O)CCCCCCCCCCCCC/C=C\CCCCCCCCCC. The van der Waals surface area contributed by atoms with E-state index < -0.39 is 6.10 Å². The summed E-state index contributed by atoms with van der Waals surface area (Å²) in [5, 5.41) is 0. The van der Waals surface area contributed by atoms with E-state index in [-0.39, 0.29) is 31.1 Å². The standard InChI is InChI=1S/C55H102O6/c1-4-7-10-13-16-18-20-22-23-24-25-26-27-28-29-30-31-33-34-36-39-42-45-48-54(57)60-51-52(50-59-53(56)47-44-41-38-15-12-9-6-3)61-55(58)49-46-43-40-37-35-32-21-19-17-14-11-8-5-2/h19,21,24-25,52H,4-18,20,22-23,26-51H2,1-3H3/b21-19-,25-24-. The van der Waals surface area contributed by atoms with Crippen molar-refractivity contribution >= 4 is 17.9 Å². The Morgan fingerprint density at radius 1 is 0.311 bits per heavy atom. The number of rotatable bonds is 49. The second kappa shape index (κ2) is 50.5. The molecule has 1 atom stereocenters. The average molecular weight is 859 g/mol. The number of hydrogen-bond acceptors (Lipinski definition) is 6. The topological polar surface area (TPSA) is 78.9 Å². The van der Waals surface area contributed by atoms with E-state index in [1.807, 2.05) is 0 Å². The predicted molar refractivity (Wildman–Crippen MR) is 261 cm³/mol. The lowest BCUT2D eigenvalue weighted by molar-refractivity contribution is -0.167. The van der Waals surface area contributed by atoms with Crippen LogP contribution in [0.1, 0.15) is 290 Å². The zero-order chi connectivity index (χ0) is 44.4. The van der Waals surface area contributed by atoms with Gasteiger partial charge in [0.15, 0.2) is 6.10 Å². The van der Waals surface area contributed by atoms with Gasteiger partial charge in [0.1, 0.15) is 13.2 Å². The van der Waals surface area contributed by atoms with E-state index in [1.54, 1.807) is 0 Å². The first-order valence-electron chi connectivity index (χ1n) is 26.8. The van der Waals surface area contributed by atoms with Gasteiger partial charge < -0.3 is 14.2 Å². The Labute approximate surface area is 379 Å². The molecule has 0 rings (SSSR count). The number of unbranched alkanes of at least 4 members (excludes halogenated alkanes) is 34. The van der Waals surface area contributed by atoms with Gasteiger partial charge in [-0.25, -0.2) is 0 Å². The second-order valence-corrected chi connectivity index (χ2v) is 18.1. The fourth-order valence-electron chi connectivity index (χ4n) is 7.84. The van der Waals surface area contributed by atoms with Gasteiger partial charge in [0.25, 0.3) is 0 Å². The summed E-state index contributed by atoms with van der Waals surface area (Å²) in [7, 11) is 0. The molecule has 358 valence electrons. The summed E-state index contributed by atoms with van der Waals surface area (Å²) < 4.78 is 16.7. The molecule has 1 unspecified atom stereocenters. The lowest BCUT2D eigenvalue weighted by atomic mass is 10.0. The van der Waals surface area contributed by atoms with Crippen molar-refractivity contribution in [3.05, 3.63) is 24.3 Å². The Morgan fingerprint density at radius 3 is 0.836 bits per heavy atom. The lowest BCUT2D eigenvalue weighted by Gasteiger charge is -2.18. The monoisotopic (exact) mass is 859 g/mol. The van der Waals surface area contributed by atoms with E-state index in [4.69, 9.17) is 14.2 Å². The summed E-state index contributed by atoms with van der Waals surface area (Å²) in [4.78, 5) is 37.8. The third-order valence-electron chi connectivity index (χ3n) is 11.9. The van der Waals surface area contributed by atoms with E-state index in [9.17, 15) is 14.4 Å². The quantitative estimate of drug-likeness (QED) is 0.0262. The van der Waals surface area contributed by atoms with Crippen molar-refractivity contribution in [1.82, 2.24) is 0 Å². The fraction of sp³-hybridized carbons (Fsp3) is 0.873. The van der Waals surface area contributed by atoms with Gasteiger partial charge in [-0.1, -0.05) is 225 Å². The molecule has 0 aliphatic heterocycles. The van der Waals surface area contributed by atoms with Gasteiger partial charge >= 0.3 is 17.9 Å². The van der Waals surface area contributed by atoms with E-state index in [2.05, 4.69) is 45.1 Å². The molecular formula is C55H102O6. The highest BCUT2D eigenvalue weighted by Gasteiger charge is 2.19. The zero-order valence-corrected chi connectivity index (χ0v) is 40.9. The van der Waals surface area contributed by atoms with Gasteiger partial charge in [-0.3, -0.25) is 14.4 Å². The molecule has 0 heterocycles. The van der Waals surface area contributed by atoms with Crippen LogP contribution in [0.5, 0.6) is 0 Å². The predicted octanol–water partition coefficient (Wildman–Crippen LogP) is 17.5. The molecule has 0 bridgehead atoms. The smallest absolute Gasteiger partial charge is 0.306 e. The van der Waals surface area contributed by atoms with Gasteiger partial charge in [-0.05, 0) is 70.6 Å². The minimum Gasteiger partial charge on any atom is -0.462 e. The van der Waals surface area contributed by atoms with Crippen LogP contribution >= 0.6 is 0 Å². The number of allylic oxidation sites excluding steroid dienone is 4. The largest absolute Gasteiger partial charge is 0.462 e. The Kier molecular flexibility index (Phi) is 48.8. The van der Waals surface area contributed by atoms with Crippen LogP contribution in [0.15, 0.2) is 24.3 Å². The molecule has 0 saturated carbocycles. The van der Waals surface area contributed by atoms with Crippen molar-refractivity contribution in [3.8, 4) is 0 Å². The van der Waals surface area contributed by atoms with Crippen LogP contribution < -0.4 is 0 Å². The number of carbonyl (C=O) groups excluding carboxylic acids is 3. The molecule has 0 N–H and O–H groups in total. The highest BCUT2D eigenvalue weighted by Crippen LogP contribution is 2.16. The van der Waals surface area contributed by atoms with Crippen LogP contribution in [-0.2, 0) is 28.6 Å². The molecule has 61 heavy (non-hydrogen) atoms. The van der Waals surface area contributed by atoms with Crippen LogP contribution in [0.3, 0.4) is 0 Å². The number of carbonyl (C=O) groups is 3. The highest BCUT2D eigenvalue weighted by molar-refractivity contribution is 5.71. The van der Waals surface area contributed by atoms with Crippen LogP contribution in [0, 0.1) is 0 Å². The summed E-state index contributed by atoms with van der Waals surface area (Å²) in [6, 6.07) is 0. The van der Waals surface area contributed by atoms with Gasteiger partial charge in [0.2, 0.25) is 0 Å². The Balaban J connectivity index is 4.13. The first kappa shape index (κ1) is 58.9. The number of esters is 3. The van der Waals surface area contributed by atoms with Crippen LogP contribution in [0.25, 0.3) is 0 Å². The summed E-state index contributed by atoms with van der Waals surface area (Å²) in [6.45, 7) is 6.60. The Morgan fingerprint density at radius 2 is 0.541 bits per heavy atom. The second-order valence-electron chi connectivity index (χ2n) is 18.1. The highest BCUT2D eigenvalue weighted by atomic mass is 16.6. The summed E-state index contributed by atoms with van der Waals surface area (Å²) in [6.07, 6.45) is 57.6. The molecule has 0 saturated heterocycles. The molecule has 0 fully saturated rings. The normalized spacial score (nSPS) is 12.1. The molecule has 0 spiro atoms.